The van der Waals surface area contributed by atoms with E-state index in [2.05, 4.69) is 15.6 Å². The number of aromatic nitrogens is 3. The van der Waals surface area contributed by atoms with Crippen LogP contribution in [0.1, 0.15) is 28.2 Å². The zero-order chi connectivity index (χ0) is 21.1. The topological polar surface area (TPSA) is 112 Å². The highest BCUT2D eigenvalue weighted by atomic mass is 35.5. The molecule has 0 radical (unpaired) electrons. The van der Waals surface area contributed by atoms with E-state index in [9.17, 15) is 9.90 Å². The number of rotatable bonds is 7. The largest absolute Gasteiger partial charge is 0.471 e. The Morgan fingerprint density at radius 1 is 1.40 bits per heavy atom. The van der Waals surface area contributed by atoms with Crippen molar-refractivity contribution in [1.29, 1.82) is 0 Å². The quantitative estimate of drug-likeness (QED) is 0.589. The summed E-state index contributed by atoms with van der Waals surface area (Å²) in [5.74, 6) is 0.339. The van der Waals surface area contributed by atoms with Crippen LogP contribution >= 0.6 is 11.6 Å². The normalized spacial score (nSPS) is 16.0. The van der Waals surface area contributed by atoms with Crippen molar-refractivity contribution < 1.29 is 23.9 Å². The van der Waals surface area contributed by atoms with E-state index in [0.29, 0.717) is 40.9 Å². The van der Waals surface area contributed by atoms with Gasteiger partial charge in [0.2, 0.25) is 5.88 Å². The Bertz CT molecular complexity index is 1020. The Morgan fingerprint density at radius 3 is 2.90 bits per heavy atom. The molecule has 1 aliphatic rings. The highest BCUT2D eigenvalue weighted by Gasteiger charge is 2.22. The second-order valence-electron chi connectivity index (χ2n) is 6.91. The first-order valence-electron chi connectivity index (χ1n) is 9.45. The Balaban J connectivity index is 1.49. The zero-order valence-corrected chi connectivity index (χ0v) is 17.1. The molecule has 2 aromatic heterocycles. The number of ether oxygens (including phenoxy) is 2. The van der Waals surface area contributed by atoms with Crippen LogP contribution in [0.3, 0.4) is 0 Å². The molecule has 4 rings (SSSR count). The summed E-state index contributed by atoms with van der Waals surface area (Å²) in [6.45, 7) is 0.898. The molecule has 10 heteroatoms. The number of aryl methyl sites for hydroxylation is 1. The number of aliphatic hydroxyl groups is 1. The smallest absolute Gasteiger partial charge is 0.269 e. The van der Waals surface area contributed by atoms with Gasteiger partial charge in [-0.25, -0.2) is 0 Å². The molecule has 1 amide bonds. The van der Waals surface area contributed by atoms with Crippen LogP contribution in [0.2, 0.25) is 5.02 Å². The predicted octanol–water partition coefficient (Wildman–Crippen LogP) is 2.32. The SMILES string of the molecule is Cn1nc(OCc2c(-c3ccc(Cl)cc3)noc2CO)cc1C(=O)NC1CCOC1. The van der Waals surface area contributed by atoms with Crippen LogP contribution in [0.15, 0.2) is 34.9 Å². The number of hydrogen-bond acceptors (Lipinski definition) is 7. The van der Waals surface area contributed by atoms with E-state index in [1.54, 1.807) is 37.4 Å². The van der Waals surface area contributed by atoms with Gasteiger partial charge in [0.15, 0.2) is 5.76 Å². The average Bonchev–Trinajstić information content (AvgIpc) is 3.47. The van der Waals surface area contributed by atoms with Crippen LogP contribution in [-0.2, 0) is 25.0 Å². The third-order valence-corrected chi connectivity index (χ3v) is 5.10. The summed E-state index contributed by atoms with van der Waals surface area (Å²) in [7, 11) is 1.67. The first-order valence-corrected chi connectivity index (χ1v) is 9.82. The molecule has 30 heavy (non-hydrogen) atoms. The Labute approximate surface area is 177 Å². The Morgan fingerprint density at radius 2 is 2.20 bits per heavy atom. The maximum atomic E-state index is 12.5. The van der Waals surface area contributed by atoms with Gasteiger partial charge >= 0.3 is 0 Å². The molecule has 1 aromatic carbocycles. The number of amides is 1. The van der Waals surface area contributed by atoms with Gasteiger partial charge in [-0.05, 0) is 18.6 Å². The van der Waals surface area contributed by atoms with Crippen LogP contribution in [0.4, 0.5) is 0 Å². The minimum Gasteiger partial charge on any atom is -0.471 e. The van der Waals surface area contributed by atoms with Gasteiger partial charge in [0, 0.05) is 30.3 Å². The van der Waals surface area contributed by atoms with Gasteiger partial charge in [0.25, 0.3) is 5.91 Å². The van der Waals surface area contributed by atoms with Gasteiger partial charge in [-0.2, -0.15) is 0 Å². The number of carbonyl (C=O) groups is 1. The summed E-state index contributed by atoms with van der Waals surface area (Å²) < 4.78 is 17.8. The van der Waals surface area contributed by atoms with Crippen molar-refractivity contribution in [1.82, 2.24) is 20.3 Å². The molecule has 9 nitrogen and oxygen atoms in total. The molecule has 158 valence electrons. The number of aliphatic hydroxyl groups excluding tert-OH is 1. The highest BCUT2D eigenvalue weighted by Crippen LogP contribution is 2.28. The fraction of sp³-hybridized carbons (Fsp3) is 0.350. The van der Waals surface area contributed by atoms with Gasteiger partial charge < -0.3 is 24.4 Å². The van der Waals surface area contributed by atoms with Crippen LogP contribution in [0.25, 0.3) is 11.3 Å². The maximum Gasteiger partial charge on any atom is 0.269 e. The van der Waals surface area contributed by atoms with E-state index in [1.807, 2.05) is 0 Å². The third kappa shape index (κ3) is 4.33. The van der Waals surface area contributed by atoms with Crippen molar-refractivity contribution in [3.05, 3.63) is 52.4 Å². The summed E-state index contributed by atoms with van der Waals surface area (Å²) in [6.07, 6.45) is 0.790. The lowest BCUT2D eigenvalue weighted by Gasteiger charge is -2.09. The molecule has 2 N–H and O–H groups in total. The fourth-order valence-corrected chi connectivity index (χ4v) is 3.35. The summed E-state index contributed by atoms with van der Waals surface area (Å²) in [5.41, 5.74) is 2.30. The van der Waals surface area contributed by atoms with E-state index < -0.39 is 0 Å². The maximum absolute atomic E-state index is 12.5. The first kappa shape index (κ1) is 20.4. The van der Waals surface area contributed by atoms with Gasteiger partial charge in [-0.15, -0.1) is 5.10 Å². The molecule has 0 spiro atoms. The van der Waals surface area contributed by atoms with Crippen molar-refractivity contribution in [3.63, 3.8) is 0 Å². The van der Waals surface area contributed by atoms with Crippen LogP contribution in [-0.4, -0.2) is 45.2 Å². The van der Waals surface area contributed by atoms with E-state index in [4.69, 9.17) is 25.6 Å². The standard InChI is InChI=1S/C20H21ClN4O5/c1-25-16(20(27)22-14-6-7-28-10-14)8-18(23-25)29-11-15-17(9-26)30-24-19(15)12-2-4-13(21)5-3-12/h2-5,8,14,26H,6-7,9-11H2,1H3,(H,22,27). The second kappa shape index (κ2) is 8.86. The van der Waals surface area contributed by atoms with Gasteiger partial charge in [0.05, 0.1) is 18.2 Å². The number of benzene rings is 1. The van der Waals surface area contributed by atoms with Gasteiger partial charge in [0.1, 0.15) is 24.6 Å². The average molecular weight is 433 g/mol. The molecule has 1 unspecified atom stereocenters. The lowest BCUT2D eigenvalue weighted by molar-refractivity contribution is 0.0920. The van der Waals surface area contributed by atoms with Crippen molar-refractivity contribution in [2.75, 3.05) is 13.2 Å². The van der Waals surface area contributed by atoms with Crippen molar-refractivity contribution in [2.24, 2.45) is 7.05 Å². The van der Waals surface area contributed by atoms with E-state index in [1.165, 1.54) is 4.68 Å². The second-order valence-corrected chi connectivity index (χ2v) is 7.35. The fourth-order valence-electron chi connectivity index (χ4n) is 3.23. The van der Waals surface area contributed by atoms with Crippen molar-refractivity contribution in [3.8, 4) is 17.1 Å². The summed E-state index contributed by atoms with van der Waals surface area (Å²) >= 11 is 5.95. The van der Waals surface area contributed by atoms with Crippen molar-refractivity contribution in [2.45, 2.75) is 25.7 Å². The third-order valence-electron chi connectivity index (χ3n) is 4.85. The lowest BCUT2D eigenvalue weighted by atomic mass is 10.1. The van der Waals surface area contributed by atoms with E-state index in [-0.39, 0.29) is 31.0 Å². The molecule has 3 heterocycles. The number of carbonyl (C=O) groups excluding carboxylic acids is 1. The summed E-state index contributed by atoms with van der Waals surface area (Å²) in [4.78, 5) is 12.5. The Kier molecular flexibility index (Phi) is 6.03. The molecule has 1 aliphatic heterocycles. The molecular weight excluding hydrogens is 412 g/mol. The highest BCUT2D eigenvalue weighted by molar-refractivity contribution is 6.30. The van der Waals surface area contributed by atoms with Gasteiger partial charge in [-0.1, -0.05) is 28.9 Å². The molecule has 0 saturated carbocycles. The Hall–Kier alpha value is -2.88. The van der Waals surface area contributed by atoms with Crippen LogP contribution in [0, 0.1) is 0 Å². The minimum atomic E-state index is -0.321. The monoisotopic (exact) mass is 432 g/mol. The minimum absolute atomic E-state index is 0.00261. The summed E-state index contributed by atoms with van der Waals surface area (Å²) in [6, 6.07) is 8.67. The van der Waals surface area contributed by atoms with E-state index >= 15 is 0 Å². The predicted molar refractivity (Wildman–Crippen MR) is 107 cm³/mol. The lowest BCUT2D eigenvalue weighted by Crippen LogP contribution is -2.36. The molecule has 1 atom stereocenters. The molecule has 0 aliphatic carbocycles. The number of hydrogen-bond donors (Lipinski definition) is 2. The molecule has 1 fully saturated rings. The van der Waals surface area contributed by atoms with Crippen LogP contribution < -0.4 is 10.1 Å². The number of halogens is 1. The first-order chi connectivity index (χ1) is 14.5. The van der Waals surface area contributed by atoms with Crippen molar-refractivity contribution >= 4 is 17.5 Å². The zero-order valence-electron chi connectivity index (χ0n) is 16.3. The molecule has 3 aromatic rings. The summed E-state index contributed by atoms with van der Waals surface area (Å²) in [5, 5.41) is 21.4. The molecule has 0 bridgehead atoms. The number of nitrogens with one attached hydrogen (secondary N) is 1. The molecule has 1 saturated heterocycles. The molecular formula is C20H21ClN4O5. The van der Waals surface area contributed by atoms with E-state index in [0.717, 1.165) is 12.0 Å². The number of nitrogens with zero attached hydrogens (tertiary/aromatic N) is 3. The van der Waals surface area contributed by atoms with Crippen LogP contribution in [0.5, 0.6) is 5.88 Å². The van der Waals surface area contributed by atoms with Gasteiger partial charge in [-0.3, -0.25) is 9.48 Å².